The van der Waals surface area contributed by atoms with Gasteiger partial charge in [0.25, 0.3) is 5.91 Å². The van der Waals surface area contributed by atoms with E-state index >= 15 is 0 Å². The Morgan fingerprint density at radius 3 is 2.26 bits per heavy atom. The van der Waals surface area contributed by atoms with Gasteiger partial charge in [-0.05, 0) is 36.4 Å². The van der Waals surface area contributed by atoms with E-state index in [9.17, 15) is 18.0 Å². The molecule has 9 heteroatoms. The minimum absolute atomic E-state index is 0.175. The average molecular weight is 372 g/mol. The minimum atomic E-state index is -4.80. The quantitative estimate of drug-likeness (QED) is 0.767. The molecule has 1 amide bonds. The largest absolute Gasteiger partial charge is 0.573 e. The van der Waals surface area contributed by atoms with E-state index in [4.69, 9.17) is 10.5 Å². The standard InChI is InChI=1S/C18H11F3N4O2/c19-18(20,21)27-14-7-5-13(6-8-14)25-17(26)15-3-1-2-4-16(15)24-11-12(9-22)10-23/h1-8,11,24H,(H,25,26). The van der Waals surface area contributed by atoms with Gasteiger partial charge in [-0.1, -0.05) is 12.1 Å². The summed E-state index contributed by atoms with van der Waals surface area (Å²) in [6, 6.07) is 14.4. The normalized spacial score (nSPS) is 10.1. The van der Waals surface area contributed by atoms with E-state index < -0.39 is 18.0 Å². The van der Waals surface area contributed by atoms with E-state index in [0.29, 0.717) is 5.69 Å². The summed E-state index contributed by atoms with van der Waals surface area (Å²) < 4.78 is 40.2. The number of rotatable bonds is 5. The lowest BCUT2D eigenvalue weighted by Crippen LogP contribution is -2.17. The molecule has 0 saturated carbocycles. The third-order valence-corrected chi connectivity index (χ3v) is 3.13. The highest BCUT2D eigenvalue weighted by molar-refractivity contribution is 6.08. The summed E-state index contributed by atoms with van der Waals surface area (Å²) in [5.41, 5.74) is 0.634. The lowest BCUT2D eigenvalue weighted by molar-refractivity contribution is -0.274. The summed E-state index contributed by atoms with van der Waals surface area (Å²) in [7, 11) is 0. The van der Waals surface area contributed by atoms with Crippen molar-refractivity contribution in [3.8, 4) is 17.9 Å². The number of carbonyl (C=O) groups is 1. The Morgan fingerprint density at radius 2 is 1.67 bits per heavy atom. The highest BCUT2D eigenvalue weighted by Crippen LogP contribution is 2.24. The van der Waals surface area contributed by atoms with Gasteiger partial charge >= 0.3 is 6.36 Å². The van der Waals surface area contributed by atoms with E-state index in [1.807, 2.05) is 0 Å². The molecule has 0 spiro atoms. The van der Waals surface area contributed by atoms with Gasteiger partial charge in [0.05, 0.1) is 11.3 Å². The molecule has 2 aromatic rings. The molecular formula is C18H11F3N4O2. The SMILES string of the molecule is N#CC(C#N)=CNc1ccccc1C(=O)Nc1ccc(OC(F)(F)F)cc1. The van der Waals surface area contributed by atoms with Crippen LogP contribution in [-0.2, 0) is 0 Å². The summed E-state index contributed by atoms with van der Waals surface area (Å²) in [6.07, 6.45) is -3.63. The zero-order valence-electron chi connectivity index (χ0n) is 13.5. The summed E-state index contributed by atoms with van der Waals surface area (Å²) in [5.74, 6) is -0.945. The number of carbonyl (C=O) groups excluding carboxylic acids is 1. The monoisotopic (exact) mass is 372 g/mol. The lowest BCUT2D eigenvalue weighted by atomic mass is 10.1. The molecule has 0 bridgehead atoms. The van der Waals surface area contributed by atoms with E-state index in [1.165, 1.54) is 18.2 Å². The molecule has 6 nitrogen and oxygen atoms in total. The van der Waals surface area contributed by atoms with Crippen molar-refractivity contribution >= 4 is 17.3 Å². The molecule has 0 heterocycles. The molecule has 0 radical (unpaired) electrons. The second-order valence-corrected chi connectivity index (χ2v) is 5.00. The van der Waals surface area contributed by atoms with Gasteiger partial charge in [-0.25, -0.2) is 0 Å². The molecule has 136 valence electrons. The molecule has 0 aliphatic carbocycles. The molecule has 0 unspecified atom stereocenters. The number of amides is 1. The number of para-hydroxylation sites is 1. The van der Waals surface area contributed by atoms with E-state index in [-0.39, 0.29) is 16.8 Å². The molecule has 0 aliphatic heterocycles. The first-order valence-corrected chi connectivity index (χ1v) is 7.35. The topological polar surface area (TPSA) is 97.9 Å². The Labute approximate surface area is 152 Å². The molecule has 27 heavy (non-hydrogen) atoms. The zero-order chi connectivity index (χ0) is 19.9. The summed E-state index contributed by atoms with van der Waals surface area (Å²) in [5, 5.41) is 22.7. The number of benzene rings is 2. The molecule has 2 aromatic carbocycles. The first-order chi connectivity index (χ1) is 12.8. The fourth-order valence-electron chi connectivity index (χ4n) is 1.98. The van der Waals surface area contributed by atoms with Crippen LogP contribution in [0.4, 0.5) is 24.5 Å². The number of hydrogen-bond acceptors (Lipinski definition) is 5. The van der Waals surface area contributed by atoms with Crippen LogP contribution in [0.2, 0.25) is 0 Å². The Hall–Kier alpha value is -3.98. The van der Waals surface area contributed by atoms with E-state index in [1.54, 1.807) is 30.3 Å². The minimum Gasteiger partial charge on any atom is -0.406 e. The zero-order valence-corrected chi connectivity index (χ0v) is 13.5. The van der Waals surface area contributed by atoms with Gasteiger partial charge in [-0.15, -0.1) is 13.2 Å². The van der Waals surface area contributed by atoms with E-state index in [2.05, 4.69) is 15.4 Å². The van der Waals surface area contributed by atoms with Gasteiger partial charge in [0.2, 0.25) is 0 Å². The van der Waals surface area contributed by atoms with E-state index in [0.717, 1.165) is 18.3 Å². The van der Waals surface area contributed by atoms with Crippen LogP contribution in [0.1, 0.15) is 10.4 Å². The number of alkyl halides is 3. The Bertz CT molecular complexity index is 923. The maximum absolute atomic E-state index is 12.4. The number of hydrogen-bond donors (Lipinski definition) is 2. The fraction of sp³-hybridized carbons (Fsp3) is 0.0556. The van der Waals surface area contributed by atoms with Crippen molar-refractivity contribution < 1.29 is 22.7 Å². The Kier molecular flexibility index (Phi) is 6.02. The van der Waals surface area contributed by atoms with Gasteiger partial charge in [0, 0.05) is 11.9 Å². The number of nitriles is 2. The number of ether oxygens (including phenoxy) is 1. The predicted molar refractivity (Wildman–Crippen MR) is 90.5 cm³/mol. The Balaban J connectivity index is 2.14. The average Bonchev–Trinajstić information content (AvgIpc) is 2.63. The van der Waals surface area contributed by atoms with Crippen LogP contribution >= 0.6 is 0 Å². The van der Waals surface area contributed by atoms with Crippen LogP contribution in [0.5, 0.6) is 5.75 Å². The maximum atomic E-state index is 12.4. The lowest BCUT2D eigenvalue weighted by Gasteiger charge is -2.11. The summed E-state index contributed by atoms with van der Waals surface area (Å²) >= 11 is 0. The van der Waals surface area contributed by atoms with Crippen molar-refractivity contribution in [2.75, 3.05) is 10.6 Å². The predicted octanol–water partition coefficient (Wildman–Crippen LogP) is 4.18. The molecule has 0 fully saturated rings. The first kappa shape index (κ1) is 19.3. The molecule has 0 atom stereocenters. The number of nitrogens with one attached hydrogen (secondary N) is 2. The van der Waals surface area contributed by atoms with Crippen LogP contribution < -0.4 is 15.4 Å². The van der Waals surface area contributed by atoms with Crippen LogP contribution in [0.25, 0.3) is 0 Å². The van der Waals surface area contributed by atoms with Gasteiger partial charge in [0.1, 0.15) is 23.5 Å². The fourth-order valence-corrected chi connectivity index (χ4v) is 1.98. The highest BCUT2D eigenvalue weighted by Gasteiger charge is 2.30. The summed E-state index contributed by atoms with van der Waals surface area (Å²) in [6.45, 7) is 0. The first-order valence-electron chi connectivity index (χ1n) is 7.35. The molecule has 2 N–H and O–H groups in total. The number of allylic oxidation sites excluding steroid dienone is 1. The van der Waals surface area contributed by atoms with Gasteiger partial charge in [-0.2, -0.15) is 10.5 Å². The van der Waals surface area contributed by atoms with Crippen molar-refractivity contribution in [2.45, 2.75) is 6.36 Å². The second kappa shape index (κ2) is 8.41. The van der Waals surface area contributed by atoms with Crippen molar-refractivity contribution in [3.05, 3.63) is 65.9 Å². The molecule has 0 aromatic heterocycles. The number of halogens is 3. The van der Waals surface area contributed by atoms with Crippen molar-refractivity contribution in [1.29, 1.82) is 10.5 Å². The third kappa shape index (κ3) is 5.80. The molecular weight excluding hydrogens is 361 g/mol. The maximum Gasteiger partial charge on any atom is 0.573 e. The molecule has 2 rings (SSSR count). The Morgan fingerprint density at radius 1 is 1.04 bits per heavy atom. The van der Waals surface area contributed by atoms with Gasteiger partial charge < -0.3 is 15.4 Å². The van der Waals surface area contributed by atoms with Crippen molar-refractivity contribution in [2.24, 2.45) is 0 Å². The van der Waals surface area contributed by atoms with Crippen LogP contribution in [0.15, 0.2) is 60.3 Å². The third-order valence-electron chi connectivity index (χ3n) is 3.13. The van der Waals surface area contributed by atoms with Crippen molar-refractivity contribution in [3.63, 3.8) is 0 Å². The molecule has 0 saturated heterocycles. The van der Waals surface area contributed by atoms with Crippen LogP contribution in [0, 0.1) is 22.7 Å². The van der Waals surface area contributed by atoms with Gasteiger partial charge in [-0.3, -0.25) is 4.79 Å². The molecule has 0 aliphatic rings. The van der Waals surface area contributed by atoms with Crippen LogP contribution in [0.3, 0.4) is 0 Å². The summed E-state index contributed by atoms with van der Waals surface area (Å²) in [4.78, 5) is 12.4. The highest BCUT2D eigenvalue weighted by atomic mass is 19.4. The van der Waals surface area contributed by atoms with Crippen molar-refractivity contribution in [1.82, 2.24) is 0 Å². The second-order valence-electron chi connectivity index (χ2n) is 5.00. The number of anilines is 2. The van der Waals surface area contributed by atoms with Gasteiger partial charge in [0.15, 0.2) is 0 Å². The number of nitrogens with zero attached hydrogens (tertiary/aromatic N) is 2. The smallest absolute Gasteiger partial charge is 0.406 e. The van der Waals surface area contributed by atoms with Crippen LogP contribution in [-0.4, -0.2) is 12.3 Å².